The number of nitrogens with zero attached hydrogens (tertiary/aromatic N) is 3. The number of halogens is 1. The minimum absolute atomic E-state index is 0.0214. The van der Waals surface area contributed by atoms with Crippen LogP contribution in [-0.2, 0) is 11.3 Å². The Morgan fingerprint density at radius 2 is 2.10 bits per heavy atom. The summed E-state index contributed by atoms with van der Waals surface area (Å²) in [5.74, 6) is 1.44. The van der Waals surface area contributed by atoms with E-state index in [1.807, 2.05) is 19.1 Å². The molecule has 3 heterocycles. The van der Waals surface area contributed by atoms with Gasteiger partial charge in [-0.25, -0.2) is 9.97 Å². The van der Waals surface area contributed by atoms with Crippen LogP contribution in [0.1, 0.15) is 31.2 Å². The Hall–Kier alpha value is -2.22. The Balaban J connectivity index is 1.63. The number of hydrogen-bond donors (Lipinski definition) is 2. The molecule has 1 aromatic carbocycles. The molecule has 0 radical (unpaired) electrons. The first-order chi connectivity index (χ1) is 14.9. The van der Waals surface area contributed by atoms with Crippen molar-refractivity contribution in [1.29, 1.82) is 5.41 Å². The summed E-state index contributed by atoms with van der Waals surface area (Å²) in [6, 6.07) is 5.54. The van der Waals surface area contributed by atoms with Crippen LogP contribution in [0, 0.1) is 23.7 Å². The zero-order chi connectivity index (χ0) is 22.2. The van der Waals surface area contributed by atoms with Gasteiger partial charge in [0.1, 0.15) is 11.4 Å². The molecule has 8 heteroatoms. The van der Waals surface area contributed by atoms with E-state index in [1.165, 1.54) is 0 Å². The van der Waals surface area contributed by atoms with Gasteiger partial charge in [0.15, 0.2) is 5.82 Å². The van der Waals surface area contributed by atoms with Crippen LogP contribution in [0.3, 0.4) is 0 Å². The van der Waals surface area contributed by atoms with E-state index in [9.17, 15) is 5.11 Å². The highest BCUT2D eigenvalue weighted by Crippen LogP contribution is 2.46. The number of ether oxygens (including phenoxy) is 2. The van der Waals surface area contributed by atoms with E-state index >= 15 is 0 Å². The topological polar surface area (TPSA) is 91.6 Å². The summed E-state index contributed by atoms with van der Waals surface area (Å²) in [6.07, 6.45) is 3.49. The van der Waals surface area contributed by atoms with E-state index in [4.69, 9.17) is 36.5 Å². The maximum atomic E-state index is 10.1. The van der Waals surface area contributed by atoms with Crippen molar-refractivity contribution in [3.8, 4) is 17.0 Å². The fraction of sp³-hybridized carbons (Fsp3) is 0.522. The summed E-state index contributed by atoms with van der Waals surface area (Å²) < 4.78 is 11.2. The first-order valence-electron chi connectivity index (χ1n) is 10.6. The van der Waals surface area contributed by atoms with E-state index in [0.29, 0.717) is 28.8 Å². The highest BCUT2D eigenvalue weighted by Gasteiger charge is 2.48. The van der Waals surface area contributed by atoms with Gasteiger partial charge in [0.05, 0.1) is 42.8 Å². The van der Waals surface area contributed by atoms with E-state index < -0.39 is 0 Å². The summed E-state index contributed by atoms with van der Waals surface area (Å²) in [5.41, 5.74) is 2.68. The number of nitrogens with one attached hydrogen (secondary N) is 1. The second kappa shape index (κ2) is 8.73. The van der Waals surface area contributed by atoms with Crippen LogP contribution in [0.5, 0.6) is 5.75 Å². The average molecular weight is 445 g/mol. The number of piperidine rings is 1. The number of aliphatic hydroxyl groups excluding tert-OH is 1. The quantitative estimate of drug-likeness (QED) is 0.680. The molecule has 0 saturated carbocycles. The van der Waals surface area contributed by atoms with Crippen molar-refractivity contribution >= 4 is 23.6 Å². The van der Waals surface area contributed by atoms with Crippen molar-refractivity contribution in [2.24, 2.45) is 11.3 Å². The van der Waals surface area contributed by atoms with Gasteiger partial charge in [0, 0.05) is 36.2 Å². The first kappa shape index (κ1) is 22.0. The lowest BCUT2D eigenvalue weighted by Crippen LogP contribution is -2.45. The molecule has 0 bridgehead atoms. The number of hydrogen-bond acceptors (Lipinski definition) is 7. The Labute approximate surface area is 187 Å². The number of rotatable bonds is 5. The molecule has 2 aliphatic rings. The minimum Gasteiger partial charge on any atom is -0.495 e. The van der Waals surface area contributed by atoms with Crippen LogP contribution < -0.4 is 9.64 Å². The van der Waals surface area contributed by atoms with Crippen LogP contribution in [0.2, 0.25) is 5.02 Å². The zero-order valence-electron chi connectivity index (χ0n) is 18.2. The largest absolute Gasteiger partial charge is 0.495 e. The molecule has 2 aromatic rings. The van der Waals surface area contributed by atoms with E-state index in [0.717, 1.165) is 43.0 Å². The SMILES string of the molecule is COc1cccc(-c2nc(CO)c(N3CCC4(CC3)CO[C@@H](C)[C@H]4C=N)nc2C)c1Cl. The summed E-state index contributed by atoms with van der Waals surface area (Å²) in [7, 11) is 1.58. The van der Waals surface area contributed by atoms with Crippen LogP contribution in [0.4, 0.5) is 5.82 Å². The number of anilines is 1. The maximum Gasteiger partial charge on any atom is 0.153 e. The summed E-state index contributed by atoms with van der Waals surface area (Å²) in [4.78, 5) is 11.8. The standard InChI is InChI=1S/C23H29ClN4O3/c1-14-21(16-5-4-6-19(30-3)20(16)24)27-18(12-29)22(26-14)28-9-7-23(8-10-28)13-31-15(2)17(23)11-25/h4-6,11,15,17,25,29H,7-10,12-13H2,1-3H3/t15-,17+/m0/s1. The lowest BCUT2D eigenvalue weighted by Gasteiger charge is -2.42. The number of methoxy groups -OCH3 is 1. The van der Waals surface area contributed by atoms with E-state index in [-0.39, 0.29) is 24.0 Å². The summed E-state index contributed by atoms with van der Waals surface area (Å²) in [6.45, 7) is 6.04. The second-order valence-electron chi connectivity index (χ2n) is 8.47. The van der Waals surface area contributed by atoms with Crippen molar-refractivity contribution in [1.82, 2.24) is 9.97 Å². The number of aryl methyl sites for hydroxylation is 1. The molecule has 4 rings (SSSR count). The molecule has 1 aromatic heterocycles. The zero-order valence-corrected chi connectivity index (χ0v) is 18.9. The molecule has 2 N–H and O–H groups in total. The molecule has 0 unspecified atom stereocenters. The minimum atomic E-state index is -0.206. The van der Waals surface area contributed by atoms with Crippen molar-refractivity contribution in [3.05, 3.63) is 34.6 Å². The molecule has 7 nitrogen and oxygen atoms in total. The smallest absolute Gasteiger partial charge is 0.153 e. The molecule has 0 aliphatic carbocycles. The van der Waals surface area contributed by atoms with E-state index in [1.54, 1.807) is 19.4 Å². The highest BCUT2D eigenvalue weighted by molar-refractivity contribution is 6.34. The van der Waals surface area contributed by atoms with Gasteiger partial charge in [-0.15, -0.1) is 0 Å². The van der Waals surface area contributed by atoms with Crippen molar-refractivity contribution in [2.45, 2.75) is 39.4 Å². The van der Waals surface area contributed by atoms with Crippen LogP contribution >= 0.6 is 11.6 Å². The second-order valence-corrected chi connectivity index (χ2v) is 8.84. The molecule has 2 aliphatic heterocycles. The Morgan fingerprint density at radius 1 is 1.35 bits per heavy atom. The maximum absolute atomic E-state index is 10.1. The molecular weight excluding hydrogens is 416 g/mol. The van der Waals surface area contributed by atoms with Gasteiger partial charge in [-0.05, 0) is 32.8 Å². The van der Waals surface area contributed by atoms with Gasteiger partial charge in [-0.1, -0.05) is 23.7 Å². The van der Waals surface area contributed by atoms with Gasteiger partial charge in [0.25, 0.3) is 0 Å². The summed E-state index contributed by atoms with van der Waals surface area (Å²) in [5, 5.41) is 18.4. The normalized spacial score (nSPS) is 22.7. The molecule has 31 heavy (non-hydrogen) atoms. The molecule has 2 saturated heterocycles. The van der Waals surface area contributed by atoms with E-state index in [2.05, 4.69) is 11.8 Å². The van der Waals surface area contributed by atoms with Gasteiger partial charge in [-0.3, -0.25) is 0 Å². The van der Waals surface area contributed by atoms with Crippen molar-refractivity contribution in [3.63, 3.8) is 0 Å². The van der Waals surface area contributed by atoms with Crippen molar-refractivity contribution in [2.75, 3.05) is 31.7 Å². The lowest BCUT2D eigenvalue weighted by molar-refractivity contribution is 0.0973. The number of aliphatic hydroxyl groups is 1. The van der Waals surface area contributed by atoms with Crippen LogP contribution in [0.15, 0.2) is 18.2 Å². The third-order valence-electron chi connectivity index (χ3n) is 6.79. The van der Waals surface area contributed by atoms with Gasteiger partial charge < -0.3 is 24.9 Å². The Kier molecular flexibility index (Phi) is 6.19. The molecule has 2 fully saturated rings. The lowest BCUT2D eigenvalue weighted by atomic mass is 9.69. The molecule has 2 atom stereocenters. The monoisotopic (exact) mass is 444 g/mol. The fourth-order valence-corrected chi connectivity index (χ4v) is 5.25. The molecule has 166 valence electrons. The van der Waals surface area contributed by atoms with Gasteiger partial charge in [-0.2, -0.15) is 0 Å². The third-order valence-corrected chi connectivity index (χ3v) is 7.18. The Morgan fingerprint density at radius 3 is 2.74 bits per heavy atom. The highest BCUT2D eigenvalue weighted by atomic mass is 35.5. The molecule has 1 spiro atoms. The molecular formula is C23H29ClN4O3. The molecule has 0 amide bonds. The van der Waals surface area contributed by atoms with Gasteiger partial charge >= 0.3 is 0 Å². The third kappa shape index (κ3) is 3.79. The number of benzene rings is 1. The Bertz CT molecular complexity index is 976. The van der Waals surface area contributed by atoms with Crippen LogP contribution in [0.25, 0.3) is 11.3 Å². The van der Waals surface area contributed by atoms with Crippen LogP contribution in [-0.4, -0.2) is 54.2 Å². The average Bonchev–Trinajstić information content (AvgIpc) is 3.09. The summed E-state index contributed by atoms with van der Waals surface area (Å²) >= 11 is 6.51. The fourth-order valence-electron chi connectivity index (χ4n) is 4.96. The van der Waals surface area contributed by atoms with Crippen molar-refractivity contribution < 1.29 is 14.6 Å². The predicted octanol–water partition coefficient (Wildman–Crippen LogP) is 3.88. The predicted molar refractivity (Wildman–Crippen MR) is 121 cm³/mol. The van der Waals surface area contributed by atoms with Gasteiger partial charge in [0.2, 0.25) is 0 Å². The number of aromatic nitrogens is 2. The first-order valence-corrected chi connectivity index (χ1v) is 11.0.